The van der Waals surface area contributed by atoms with Gasteiger partial charge in [-0.1, -0.05) is 13.8 Å². The van der Waals surface area contributed by atoms with E-state index < -0.39 is 17.9 Å². The third-order valence-corrected chi connectivity index (χ3v) is 2.95. The van der Waals surface area contributed by atoms with Gasteiger partial charge >= 0.3 is 5.97 Å². The van der Waals surface area contributed by atoms with Crippen molar-refractivity contribution in [2.45, 2.75) is 19.9 Å². The molecule has 6 heteroatoms. The summed E-state index contributed by atoms with van der Waals surface area (Å²) >= 11 is 0. The van der Waals surface area contributed by atoms with Crippen LogP contribution in [-0.4, -0.2) is 33.0 Å². The summed E-state index contributed by atoms with van der Waals surface area (Å²) in [5.74, 6) is -1.68. The van der Waals surface area contributed by atoms with E-state index in [2.05, 4.69) is 15.3 Å². The van der Waals surface area contributed by atoms with E-state index in [0.29, 0.717) is 16.6 Å². The van der Waals surface area contributed by atoms with E-state index in [4.69, 9.17) is 5.11 Å². The molecule has 1 atom stereocenters. The maximum absolute atomic E-state index is 12.1. The number of hydrogen-bond donors (Lipinski definition) is 2. The monoisotopic (exact) mass is 273 g/mol. The largest absolute Gasteiger partial charge is 0.480 e. The average Bonchev–Trinajstić information content (AvgIpc) is 2.43. The summed E-state index contributed by atoms with van der Waals surface area (Å²) in [5.41, 5.74) is 1.64. The Balaban J connectivity index is 2.24. The fourth-order valence-corrected chi connectivity index (χ4v) is 1.84. The Labute approximate surface area is 115 Å². The summed E-state index contributed by atoms with van der Waals surface area (Å²) in [6, 6.07) is 3.96. The first-order valence-corrected chi connectivity index (χ1v) is 6.23. The molecule has 0 aliphatic heterocycles. The molecule has 20 heavy (non-hydrogen) atoms. The van der Waals surface area contributed by atoms with Gasteiger partial charge in [-0.25, -0.2) is 4.79 Å². The molecule has 0 radical (unpaired) electrons. The van der Waals surface area contributed by atoms with Crippen molar-refractivity contribution >= 4 is 22.9 Å². The summed E-state index contributed by atoms with van der Waals surface area (Å²) in [5, 5.41) is 11.6. The number of carbonyl (C=O) groups excluding carboxylic acids is 1. The van der Waals surface area contributed by atoms with E-state index in [1.54, 1.807) is 38.2 Å². The minimum Gasteiger partial charge on any atom is -0.480 e. The van der Waals surface area contributed by atoms with Crippen molar-refractivity contribution in [3.8, 4) is 0 Å². The maximum atomic E-state index is 12.1. The maximum Gasteiger partial charge on any atom is 0.326 e. The minimum atomic E-state index is -1.05. The molecule has 0 fully saturated rings. The molecule has 1 aromatic carbocycles. The van der Waals surface area contributed by atoms with Crippen LogP contribution < -0.4 is 5.32 Å². The predicted octanol–water partition coefficient (Wildman–Crippen LogP) is 1.47. The molecular weight excluding hydrogens is 258 g/mol. The number of fused-ring (bicyclic) bond motifs is 1. The molecule has 104 valence electrons. The van der Waals surface area contributed by atoms with Gasteiger partial charge in [0.25, 0.3) is 5.91 Å². The molecule has 0 aliphatic rings. The highest BCUT2D eigenvalue weighted by Gasteiger charge is 2.23. The molecular formula is C14H15N3O3. The second-order valence-corrected chi connectivity index (χ2v) is 4.79. The summed E-state index contributed by atoms with van der Waals surface area (Å²) < 4.78 is 0. The van der Waals surface area contributed by atoms with Crippen LogP contribution >= 0.6 is 0 Å². The number of amides is 1. The molecule has 0 spiro atoms. The van der Waals surface area contributed by atoms with Crippen LogP contribution in [0.15, 0.2) is 30.6 Å². The van der Waals surface area contributed by atoms with Gasteiger partial charge in [-0.3, -0.25) is 14.8 Å². The summed E-state index contributed by atoms with van der Waals surface area (Å²) in [7, 11) is 0. The molecule has 0 saturated heterocycles. The van der Waals surface area contributed by atoms with Crippen molar-refractivity contribution in [2.75, 3.05) is 0 Å². The number of carboxylic acid groups (broad SMARTS) is 1. The zero-order valence-corrected chi connectivity index (χ0v) is 11.2. The number of benzene rings is 1. The van der Waals surface area contributed by atoms with Gasteiger partial charge in [0.05, 0.1) is 11.0 Å². The van der Waals surface area contributed by atoms with Gasteiger partial charge in [0, 0.05) is 18.0 Å². The lowest BCUT2D eigenvalue weighted by atomic mass is 10.0. The van der Waals surface area contributed by atoms with Crippen molar-refractivity contribution in [1.82, 2.24) is 15.3 Å². The molecule has 0 aliphatic carbocycles. The molecule has 2 aromatic rings. The van der Waals surface area contributed by atoms with Crippen molar-refractivity contribution in [1.29, 1.82) is 0 Å². The van der Waals surface area contributed by atoms with E-state index in [9.17, 15) is 9.59 Å². The van der Waals surface area contributed by atoms with Crippen LogP contribution in [-0.2, 0) is 4.79 Å². The fourth-order valence-electron chi connectivity index (χ4n) is 1.84. The first-order valence-electron chi connectivity index (χ1n) is 6.23. The summed E-state index contributed by atoms with van der Waals surface area (Å²) in [6.45, 7) is 3.48. The van der Waals surface area contributed by atoms with Crippen LogP contribution in [0.3, 0.4) is 0 Å². The lowest BCUT2D eigenvalue weighted by Crippen LogP contribution is -2.44. The standard InChI is InChI=1S/C14H15N3O3/c1-8(2)12(14(19)20)17-13(18)9-3-4-10-11(7-9)16-6-5-15-10/h3-8,12H,1-2H3,(H,17,18)(H,19,20)/t12-/m1/s1. The first-order chi connectivity index (χ1) is 9.49. The highest BCUT2D eigenvalue weighted by Crippen LogP contribution is 2.12. The Morgan fingerprint density at radius 3 is 2.40 bits per heavy atom. The Hall–Kier alpha value is -2.50. The van der Waals surface area contributed by atoms with Crippen LogP contribution in [0.4, 0.5) is 0 Å². The van der Waals surface area contributed by atoms with E-state index in [0.717, 1.165) is 0 Å². The number of rotatable bonds is 4. The van der Waals surface area contributed by atoms with Crippen LogP contribution in [0.25, 0.3) is 11.0 Å². The predicted molar refractivity (Wildman–Crippen MR) is 73.3 cm³/mol. The van der Waals surface area contributed by atoms with Crippen molar-refractivity contribution in [3.63, 3.8) is 0 Å². The van der Waals surface area contributed by atoms with E-state index in [1.807, 2.05) is 0 Å². The zero-order chi connectivity index (χ0) is 14.7. The smallest absolute Gasteiger partial charge is 0.326 e. The van der Waals surface area contributed by atoms with Gasteiger partial charge in [0.1, 0.15) is 6.04 Å². The van der Waals surface area contributed by atoms with Gasteiger partial charge < -0.3 is 10.4 Å². The van der Waals surface area contributed by atoms with E-state index in [1.165, 1.54) is 6.20 Å². The average molecular weight is 273 g/mol. The second kappa shape index (κ2) is 5.64. The molecule has 1 amide bonds. The first kappa shape index (κ1) is 13.9. The molecule has 6 nitrogen and oxygen atoms in total. The molecule has 1 heterocycles. The number of carbonyl (C=O) groups is 2. The Morgan fingerprint density at radius 2 is 1.80 bits per heavy atom. The number of nitrogens with zero attached hydrogens (tertiary/aromatic N) is 2. The third-order valence-electron chi connectivity index (χ3n) is 2.95. The third kappa shape index (κ3) is 2.90. The number of carboxylic acids is 1. The van der Waals surface area contributed by atoms with Crippen LogP contribution in [0.1, 0.15) is 24.2 Å². The van der Waals surface area contributed by atoms with E-state index in [-0.39, 0.29) is 5.92 Å². The number of nitrogens with one attached hydrogen (secondary N) is 1. The zero-order valence-electron chi connectivity index (χ0n) is 11.2. The van der Waals surface area contributed by atoms with Gasteiger partial charge in [-0.15, -0.1) is 0 Å². The molecule has 2 N–H and O–H groups in total. The SMILES string of the molecule is CC(C)[C@@H](NC(=O)c1ccc2nccnc2c1)C(=O)O. The molecule has 1 aromatic heterocycles. The molecule has 2 rings (SSSR count). The highest BCUT2D eigenvalue weighted by molar-refractivity contribution is 5.99. The van der Waals surface area contributed by atoms with Crippen LogP contribution in [0.2, 0.25) is 0 Å². The minimum absolute atomic E-state index is 0.198. The van der Waals surface area contributed by atoms with Gasteiger partial charge in [0.2, 0.25) is 0 Å². The Kier molecular flexibility index (Phi) is 3.93. The van der Waals surface area contributed by atoms with Gasteiger partial charge in [-0.05, 0) is 24.1 Å². The molecule has 0 unspecified atom stereocenters. The van der Waals surface area contributed by atoms with Gasteiger partial charge in [0.15, 0.2) is 0 Å². The number of aromatic nitrogens is 2. The molecule has 0 bridgehead atoms. The fraction of sp³-hybridized carbons (Fsp3) is 0.286. The Bertz CT molecular complexity index is 655. The summed E-state index contributed by atoms with van der Waals surface area (Å²) in [4.78, 5) is 31.4. The van der Waals surface area contributed by atoms with Crippen molar-refractivity contribution in [2.24, 2.45) is 5.92 Å². The normalized spacial score (nSPS) is 12.3. The van der Waals surface area contributed by atoms with Crippen molar-refractivity contribution < 1.29 is 14.7 Å². The number of aliphatic carboxylic acids is 1. The highest BCUT2D eigenvalue weighted by atomic mass is 16.4. The topological polar surface area (TPSA) is 92.2 Å². The van der Waals surface area contributed by atoms with E-state index >= 15 is 0 Å². The molecule has 0 saturated carbocycles. The van der Waals surface area contributed by atoms with Crippen LogP contribution in [0, 0.1) is 5.92 Å². The van der Waals surface area contributed by atoms with Crippen molar-refractivity contribution in [3.05, 3.63) is 36.2 Å². The second-order valence-electron chi connectivity index (χ2n) is 4.79. The Morgan fingerprint density at radius 1 is 1.15 bits per heavy atom. The number of hydrogen-bond acceptors (Lipinski definition) is 4. The lowest BCUT2D eigenvalue weighted by Gasteiger charge is -2.17. The van der Waals surface area contributed by atoms with Gasteiger partial charge in [-0.2, -0.15) is 0 Å². The van der Waals surface area contributed by atoms with Crippen LogP contribution in [0.5, 0.6) is 0 Å². The quantitative estimate of drug-likeness (QED) is 0.880. The summed E-state index contributed by atoms with van der Waals surface area (Å²) in [6.07, 6.45) is 3.11. The lowest BCUT2D eigenvalue weighted by molar-refractivity contribution is -0.140.